The molecule has 2 aromatic rings. The van der Waals surface area contributed by atoms with E-state index in [9.17, 15) is 0 Å². The van der Waals surface area contributed by atoms with Gasteiger partial charge >= 0.3 is 0 Å². The maximum atomic E-state index is 5.43. The van der Waals surface area contributed by atoms with Gasteiger partial charge in [-0.2, -0.15) is 0 Å². The Hall–Kier alpha value is -1.69. The van der Waals surface area contributed by atoms with Crippen molar-refractivity contribution in [2.75, 3.05) is 11.9 Å². The van der Waals surface area contributed by atoms with Crippen molar-refractivity contribution in [3.63, 3.8) is 0 Å². The van der Waals surface area contributed by atoms with Crippen molar-refractivity contribution in [3.8, 4) is 5.88 Å². The van der Waals surface area contributed by atoms with Crippen molar-refractivity contribution in [1.82, 2.24) is 15.0 Å². The van der Waals surface area contributed by atoms with E-state index in [0.717, 1.165) is 17.9 Å². The molecule has 90 valence electrons. The summed E-state index contributed by atoms with van der Waals surface area (Å²) in [7, 11) is 0. The molecule has 17 heavy (non-hydrogen) atoms. The van der Waals surface area contributed by atoms with E-state index in [4.69, 9.17) is 4.74 Å². The minimum atomic E-state index is 0.600. The second-order valence-corrected chi connectivity index (χ2v) is 4.14. The second kappa shape index (κ2) is 6.15. The van der Waals surface area contributed by atoms with Crippen LogP contribution in [0, 0.1) is 0 Å². The van der Waals surface area contributed by atoms with Crippen LogP contribution in [-0.4, -0.2) is 21.6 Å². The zero-order valence-electron chi connectivity index (χ0n) is 9.59. The summed E-state index contributed by atoms with van der Waals surface area (Å²) >= 11 is 1.58. The maximum absolute atomic E-state index is 5.43. The van der Waals surface area contributed by atoms with E-state index in [1.807, 2.05) is 10.9 Å². The molecule has 0 unspecified atom stereocenters. The van der Waals surface area contributed by atoms with Gasteiger partial charge in [-0.3, -0.25) is 0 Å². The van der Waals surface area contributed by atoms with E-state index in [0.29, 0.717) is 19.0 Å². The summed E-state index contributed by atoms with van der Waals surface area (Å²) in [5.41, 5.74) is 2.82. The molecule has 0 saturated heterocycles. The Bertz CT molecular complexity index is 446. The molecule has 1 N–H and O–H groups in total. The van der Waals surface area contributed by atoms with E-state index in [1.165, 1.54) is 6.33 Å². The van der Waals surface area contributed by atoms with Gasteiger partial charge in [-0.05, 0) is 6.42 Å². The zero-order valence-corrected chi connectivity index (χ0v) is 10.4. The molecule has 2 aromatic heterocycles. The van der Waals surface area contributed by atoms with Gasteiger partial charge in [-0.25, -0.2) is 15.0 Å². The molecule has 5 nitrogen and oxygen atoms in total. The van der Waals surface area contributed by atoms with Gasteiger partial charge in [0, 0.05) is 11.4 Å². The highest BCUT2D eigenvalue weighted by Gasteiger charge is 2.00. The molecular weight excluding hydrogens is 236 g/mol. The van der Waals surface area contributed by atoms with Crippen LogP contribution in [0.4, 0.5) is 5.82 Å². The fourth-order valence-electron chi connectivity index (χ4n) is 1.23. The lowest BCUT2D eigenvalue weighted by Gasteiger charge is -2.06. The third-order valence-corrected chi connectivity index (χ3v) is 2.67. The van der Waals surface area contributed by atoms with Gasteiger partial charge in [0.1, 0.15) is 12.1 Å². The zero-order chi connectivity index (χ0) is 11.9. The van der Waals surface area contributed by atoms with Gasteiger partial charge in [0.05, 0.1) is 24.4 Å². The van der Waals surface area contributed by atoms with Crippen molar-refractivity contribution < 1.29 is 4.74 Å². The molecular formula is C11H14N4OS. The number of aromatic nitrogens is 3. The topological polar surface area (TPSA) is 59.9 Å². The van der Waals surface area contributed by atoms with Crippen LogP contribution in [0.5, 0.6) is 5.88 Å². The van der Waals surface area contributed by atoms with Crippen molar-refractivity contribution in [1.29, 1.82) is 0 Å². The first-order valence-electron chi connectivity index (χ1n) is 5.44. The molecule has 2 rings (SSSR count). The normalized spacial score (nSPS) is 10.2. The minimum Gasteiger partial charge on any atom is -0.478 e. The number of anilines is 1. The molecule has 0 aromatic carbocycles. The van der Waals surface area contributed by atoms with Gasteiger partial charge in [0.25, 0.3) is 0 Å². The first-order valence-corrected chi connectivity index (χ1v) is 6.38. The minimum absolute atomic E-state index is 0.600. The standard InChI is InChI=1S/C11H14N4OS/c1-2-3-16-11-4-10(13-7-14-11)12-5-9-6-17-8-15-9/h4,6-8H,2-3,5H2,1H3,(H,12,13,14). The largest absolute Gasteiger partial charge is 0.478 e. The van der Waals surface area contributed by atoms with Gasteiger partial charge < -0.3 is 10.1 Å². The summed E-state index contributed by atoms with van der Waals surface area (Å²) in [6, 6.07) is 1.79. The number of hydrogen-bond acceptors (Lipinski definition) is 6. The highest BCUT2D eigenvalue weighted by Crippen LogP contribution is 2.12. The summed E-state index contributed by atoms with van der Waals surface area (Å²) in [4.78, 5) is 12.3. The predicted octanol–water partition coefficient (Wildman–Crippen LogP) is 2.33. The summed E-state index contributed by atoms with van der Waals surface area (Å²) in [6.45, 7) is 3.39. The monoisotopic (exact) mass is 250 g/mol. The molecule has 0 amide bonds. The van der Waals surface area contributed by atoms with E-state index >= 15 is 0 Å². The van der Waals surface area contributed by atoms with Crippen LogP contribution in [0.2, 0.25) is 0 Å². The lowest BCUT2D eigenvalue weighted by atomic mass is 10.4. The van der Waals surface area contributed by atoms with E-state index in [2.05, 4.69) is 27.2 Å². The lowest BCUT2D eigenvalue weighted by Crippen LogP contribution is -2.03. The predicted molar refractivity (Wildman–Crippen MR) is 67.3 cm³/mol. The number of rotatable bonds is 6. The van der Waals surface area contributed by atoms with Crippen molar-refractivity contribution in [2.24, 2.45) is 0 Å². The number of thiazole rings is 1. The van der Waals surface area contributed by atoms with E-state index in [1.54, 1.807) is 17.4 Å². The molecule has 0 radical (unpaired) electrons. The first-order chi connectivity index (χ1) is 8.38. The Morgan fingerprint density at radius 1 is 1.35 bits per heavy atom. The van der Waals surface area contributed by atoms with Gasteiger partial charge in [-0.15, -0.1) is 11.3 Å². The van der Waals surface area contributed by atoms with Crippen LogP contribution in [0.15, 0.2) is 23.3 Å². The number of hydrogen-bond donors (Lipinski definition) is 1. The summed E-state index contributed by atoms with van der Waals surface area (Å²) in [5.74, 6) is 1.35. The molecule has 0 aliphatic rings. The average molecular weight is 250 g/mol. The molecule has 2 heterocycles. The van der Waals surface area contributed by atoms with E-state index in [-0.39, 0.29) is 0 Å². The Kier molecular flexibility index (Phi) is 4.26. The SMILES string of the molecule is CCCOc1cc(NCc2cscn2)ncn1. The van der Waals surface area contributed by atoms with Crippen LogP contribution in [0.1, 0.15) is 19.0 Å². The molecule has 0 aliphatic carbocycles. The summed E-state index contributed by atoms with van der Waals surface area (Å²) in [6.07, 6.45) is 2.46. The fourth-order valence-corrected chi connectivity index (χ4v) is 1.79. The third kappa shape index (κ3) is 3.67. The fraction of sp³-hybridized carbons (Fsp3) is 0.364. The third-order valence-electron chi connectivity index (χ3n) is 2.03. The van der Waals surface area contributed by atoms with Crippen molar-refractivity contribution >= 4 is 17.2 Å². The molecule has 0 aliphatic heterocycles. The molecule has 6 heteroatoms. The summed E-state index contributed by atoms with van der Waals surface area (Å²) in [5, 5.41) is 5.18. The smallest absolute Gasteiger partial charge is 0.218 e. The van der Waals surface area contributed by atoms with Gasteiger partial charge in [0.15, 0.2) is 0 Å². The van der Waals surface area contributed by atoms with E-state index < -0.39 is 0 Å². The van der Waals surface area contributed by atoms with Gasteiger partial charge in [0.2, 0.25) is 5.88 Å². The quantitative estimate of drug-likeness (QED) is 0.852. The second-order valence-electron chi connectivity index (χ2n) is 3.42. The molecule has 0 saturated carbocycles. The first kappa shape index (κ1) is 11.8. The van der Waals surface area contributed by atoms with Crippen LogP contribution in [0.25, 0.3) is 0 Å². The molecule has 0 atom stereocenters. The Morgan fingerprint density at radius 3 is 3.06 bits per heavy atom. The van der Waals surface area contributed by atoms with Crippen LogP contribution < -0.4 is 10.1 Å². The average Bonchev–Trinajstić information content (AvgIpc) is 2.87. The molecule has 0 bridgehead atoms. The highest BCUT2D eigenvalue weighted by atomic mass is 32.1. The van der Waals surface area contributed by atoms with Crippen molar-refractivity contribution in [2.45, 2.75) is 19.9 Å². The number of nitrogens with zero attached hydrogens (tertiary/aromatic N) is 3. The molecule has 0 fully saturated rings. The number of ether oxygens (including phenoxy) is 1. The van der Waals surface area contributed by atoms with Crippen LogP contribution in [0.3, 0.4) is 0 Å². The van der Waals surface area contributed by atoms with Crippen LogP contribution in [-0.2, 0) is 6.54 Å². The molecule has 0 spiro atoms. The number of nitrogens with one attached hydrogen (secondary N) is 1. The lowest BCUT2D eigenvalue weighted by molar-refractivity contribution is 0.305. The van der Waals surface area contributed by atoms with Crippen LogP contribution >= 0.6 is 11.3 Å². The Labute approximate surface area is 104 Å². The highest BCUT2D eigenvalue weighted by molar-refractivity contribution is 7.07. The van der Waals surface area contributed by atoms with Crippen molar-refractivity contribution in [3.05, 3.63) is 29.0 Å². The maximum Gasteiger partial charge on any atom is 0.218 e. The van der Waals surface area contributed by atoms with Gasteiger partial charge in [-0.1, -0.05) is 6.92 Å². The Balaban J connectivity index is 1.91. The Morgan fingerprint density at radius 2 is 2.29 bits per heavy atom. The summed E-state index contributed by atoms with van der Waals surface area (Å²) < 4.78 is 5.43.